The minimum absolute atomic E-state index is 0.101. The average molecular weight is 264 g/mol. The van der Waals surface area contributed by atoms with Crippen LogP contribution in [0.1, 0.15) is 32.3 Å². The van der Waals surface area contributed by atoms with Gasteiger partial charge in [0.25, 0.3) is 0 Å². The van der Waals surface area contributed by atoms with Gasteiger partial charge in [-0.25, -0.2) is 4.79 Å². The number of ether oxygens (including phenoxy) is 2. The second-order valence-corrected chi connectivity index (χ2v) is 4.01. The van der Waals surface area contributed by atoms with E-state index in [0.717, 1.165) is 18.4 Å². The fraction of sp³-hybridized carbons (Fsp3) is 0.400. The highest BCUT2D eigenvalue weighted by molar-refractivity contribution is 5.87. The summed E-state index contributed by atoms with van der Waals surface area (Å²) in [5.41, 5.74) is 0.775. The number of unbranched alkanes of at least 4 members (excludes halogenated alkanes) is 1. The van der Waals surface area contributed by atoms with Crippen molar-refractivity contribution in [2.75, 3.05) is 13.2 Å². The molecule has 0 aliphatic rings. The van der Waals surface area contributed by atoms with Crippen LogP contribution in [0.2, 0.25) is 0 Å². The molecule has 0 spiro atoms. The van der Waals surface area contributed by atoms with Crippen LogP contribution in [0.25, 0.3) is 6.08 Å². The van der Waals surface area contributed by atoms with E-state index >= 15 is 0 Å². The van der Waals surface area contributed by atoms with E-state index in [1.54, 1.807) is 31.2 Å². The summed E-state index contributed by atoms with van der Waals surface area (Å²) in [6, 6.07) is 4.95. The van der Waals surface area contributed by atoms with E-state index in [-0.39, 0.29) is 11.7 Å². The Morgan fingerprint density at radius 1 is 1.37 bits per heavy atom. The van der Waals surface area contributed by atoms with Crippen LogP contribution in [0, 0.1) is 0 Å². The van der Waals surface area contributed by atoms with Crippen molar-refractivity contribution < 1.29 is 19.4 Å². The third kappa shape index (κ3) is 5.46. The minimum atomic E-state index is -0.385. The molecule has 0 unspecified atom stereocenters. The lowest BCUT2D eigenvalue weighted by molar-refractivity contribution is -0.137. The van der Waals surface area contributed by atoms with E-state index in [4.69, 9.17) is 9.47 Å². The maximum atomic E-state index is 11.2. The van der Waals surface area contributed by atoms with Crippen molar-refractivity contribution in [2.45, 2.75) is 26.7 Å². The van der Waals surface area contributed by atoms with Crippen LogP contribution in [-0.4, -0.2) is 24.3 Å². The molecule has 0 radical (unpaired) electrons. The largest absolute Gasteiger partial charge is 0.504 e. The summed E-state index contributed by atoms with van der Waals surface area (Å²) in [4.78, 5) is 11.2. The molecule has 1 rings (SSSR count). The van der Waals surface area contributed by atoms with Gasteiger partial charge in [0.15, 0.2) is 11.5 Å². The van der Waals surface area contributed by atoms with Gasteiger partial charge in [-0.1, -0.05) is 19.4 Å². The third-order valence-electron chi connectivity index (χ3n) is 2.44. The number of hydrogen-bond acceptors (Lipinski definition) is 4. The standard InChI is InChI=1S/C15H20O4/c1-3-5-10-19-14-11-12(6-8-13(14)16)7-9-15(17)18-4-2/h6-9,11,16H,3-5,10H2,1-2H3/b9-7+. The van der Waals surface area contributed by atoms with E-state index in [1.807, 2.05) is 0 Å². The Morgan fingerprint density at radius 3 is 2.84 bits per heavy atom. The smallest absolute Gasteiger partial charge is 0.330 e. The Morgan fingerprint density at radius 2 is 2.16 bits per heavy atom. The molecule has 0 heterocycles. The molecule has 0 amide bonds. The van der Waals surface area contributed by atoms with Gasteiger partial charge in [-0.2, -0.15) is 0 Å². The van der Waals surface area contributed by atoms with Crippen LogP contribution in [0.4, 0.5) is 0 Å². The van der Waals surface area contributed by atoms with E-state index in [0.29, 0.717) is 19.0 Å². The molecule has 4 nitrogen and oxygen atoms in total. The van der Waals surface area contributed by atoms with Gasteiger partial charge < -0.3 is 14.6 Å². The van der Waals surface area contributed by atoms with Crippen LogP contribution < -0.4 is 4.74 Å². The predicted octanol–water partition coefficient (Wildman–Crippen LogP) is 3.15. The van der Waals surface area contributed by atoms with Crippen LogP contribution in [-0.2, 0) is 9.53 Å². The first-order valence-corrected chi connectivity index (χ1v) is 6.48. The first-order valence-electron chi connectivity index (χ1n) is 6.48. The number of phenols is 1. The average Bonchev–Trinajstić information content (AvgIpc) is 2.40. The Labute approximate surface area is 113 Å². The third-order valence-corrected chi connectivity index (χ3v) is 2.44. The molecule has 0 aliphatic carbocycles. The summed E-state index contributed by atoms with van der Waals surface area (Å²) in [7, 11) is 0. The summed E-state index contributed by atoms with van der Waals surface area (Å²) in [5, 5.41) is 9.66. The molecule has 19 heavy (non-hydrogen) atoms. The molecule has 1 aromatic carbocycles. The molecule has 0 fully saturated rings. The summed E-state index contributed by atoms with van der Waals surface area (Å²) in [6.45, 7) is 4.74. The van der Waals surface area contributed by atoms with Gasteiger partial charge in [0, 0.05) is 6.08 Å². The number of aromatic hydroxyl groups is 1. The normalized spacial score (nSPS) is 10.6. The number of rotatable bonds is 7. The minimum Gasteiger partial charge on any atom is -0.504 e. The van der Waals surface area contributed by atoms with Crippen molar-refractivity contribution in [3.63, 3.8) is 0 Å². The molecular formula is C15H20O4. The van der Waals surface area contributed by atoms with Gasteiger partial charge in [-0.15, -0.1) is 0 Å². The first-order chi connectivity index (χ1) is 9.17. The molecule has 104 valence electrons. The van der Waals surface area contributed by atoms with E-state index in [2.05, 4.69) is 6.92 Å². The summed E-state index contributed by atoms with van der Waals surface area (Å²) in [6.07, 6.45) is 4.95. The van der Waals surface area contributed by atoms with E-state index in [1.165, 1.54) is 6.08 Å². The van der Waals surface area contributed by atoms with Crippen molar-refractivity contribution in [3.05, 3.63) is 29.8 Å². The highest BCUT2D eigenvalue weighted by Crippen LogP contribution is 2.27. The number of carbonyl (C=O) groups excluding carboxylic acids is 1. The molecule has 4 heteroatoms. The van der Waals surface area contributed by atoms with Crippen LogP contribution in [0.5, 0.6) is 11.5 Å². The van der Waals surface area contributed by atoms with Crippen LogP contribution >= 0.6 is 0 Å². The highest BCUT2D eigenvalue weighted by atomic mass is 16.5. The second kappa shape index (κ2) is 8.19. The number of hydrogen-bond donors (Lipinski definition) is 1. The maximum absolute atomic E-state index is 11.2. The molecule has 0 aromatic heterocycles. The van der Waals surface area contributed by atoms with Crippen LogP contribution in [0.15, 0.2) is 24.3 Å². The Bertz CT molecular complexity index is 438. The van der Waals surface area contributed by atoms with E-state index in [9.17, 15) is 9.90 Å². The molecule has 0 saturated heterocycles. The predicted molar refractivity (Wildman–Crippen MR) is 74.2 cm³/mol. The van der Waals surface area contributed by atoms with Gasteiger partial charge in [0.2, 0.25) is 0 Å². The Kier molecular flexibility index (Phi) is 6.50. The Balaban J connectivity index is 2.69. The highest BCUT2D eigenvalue weighted by Gasteiger charge is 2.03. The molecule has 1 N–H and O–H groups in total. The molecular weight excluding hydrogens is 244 g/mol. The fourth-order valence-corrected chi connectivity index (χ4v) is 1.43. The van der Waals surface area contributed by atoms with Crippen molar-refractivity contribution in [1.29, 1.82) is 0 Å². The number of carbonyl (C=O) groups is 1. The van der Waals surface area contributed by atoms with Crippen molar-refractivity contribution in [2.24, 2.45) is 0 Å². The fourth-order valence-electron chi connectivity index (χ4n) is 1.43. The second-order valence-electron chi connectivity index (χ2n) is 4.01. The molecule has 0 bridgehead atoms. The van der Waals surface area contributed by atoms with Crippen molar-refractivity contribution >= 4 is 12.0 Å². The first kappa shape index (κ1) is 15.1. The molecule has 1 aromatic rings. The zero-order valence-electron chi connectivity index (χ0n) is 11.4. The summed E-state index contributed by atoms with van der Waals surface area (Å²) >= 11 is 0. The van der Waals surface area contributed by atoms with E-state index < -0.39 is 0 Å². The summed E-state index contributed by atoms with van der Waals surface area (Å²) < 4.78 is 10.3. The molecule has 0 atom stereocenters. The van der Waals surface area contributed by atoms with Crippen molar-refractivity contribution in [3.8, 4) is 11.5 Å². The SMILES string of the molecule is CCCCOc1cc(/C=C/C(=O)OCC)ccc1O. The lowest BCUT2D eigenvalue weighted by Gasteiger charge is -2.08. The van der Waals surface area contributed by atoms with Gasteiger partial charge in [0.05, 0.1) is 13.2 Å². The zero-order chi connectivity index (χ0) is 14.1. The van der Waals surface area contributed by atoms with Crippen molar-refractivity contribution in [1.82, 2.24) is 0 Å². The zero-order valence-corrected chi connectivity index (χ0v) is 11.4. The maximum Gasteiger partial charge on any atom is 0.330 e. The number of esters is 1. The van der Waals surface area contributed by atoms with Gasteiger partial charge >= 0.3 is 5.97 Å². The van der Waals surface area contributed by atoms with Gasteiger partial charge in [-0.05, 0) is 37.1 Å². The molecule has 0 saturated carbocycles. The molecule has 0 aliphatic heterocycles. The number of benzene rings is 1. The van der Waals surface area contributed by atoms with Crippen LogP contribution in [0.3, 0.4) is 0 Å². The monoisotopic (exact) mass is 264 g/mol. The quantitative estimate of drug-likeness (QED) is 0.467. The Hall–Kier alpha value is -1.97. The lowest BCUT2D eigenvalue weighted by atomic mass is 10.2. The topological polar surface area (TPSA) is 55.8 Å². The van der Waals surface area contributed by atoms with Gasteiger partial charge in [-0.3, -0.25) is 0 Å². The summed E-state index contributed by atoms with van der Waals surface area (Å²) in [5.74, 6) is 0.146. The van der Waals surface area contributed by atoms with Gasteiger partial charge in [0.1, 0.15) is 0 Å². The lowest BCUT2D eigenvalue weighted by Crippen LogP contribution is -1.99. The number of phenolic OH excluding ortho intramolecular Hbond substituents is 1.